The molecule has 4 rings (SSSR count). The molecular formula is C28H31F4N5O2. The average Bonchev–Trinajstić information content (AvgIpc) is 3.69. The maximum Gasteiger partial charge on any atom is 0.418 e. The zero-order chi connectivity index (χ0) is 28.0. The molecule has 2 aromatic rings. The van der Waals surface area contributed by atoms with Crippen LogP contribution in [0, 0.1) is 5.82 Å². The Morgan fingerprint density at radius 3 is 2.44 bits per heavy atom. The number of nitrogens with zero attached hydrogens (tertiary/aromatic N) is 1. The molecule has 0 saturated heterocycles. The Bertz CT molecular complexity index is 1260. The van der Waals surface area contributed by atoms with Gasteiger partial charge in [-0.2, -0.15) is 13.2 Å². The number of alkyl halides is 3. The van der Waals surface area contributed by atoms with Gasteiger partial charge in [0, 0.05) is 36.3 Å². The van der Waals surface area contributed by atoms with E-state index in [9.17, 15) is 27.2 Å². The summed E-state index contributed by atoms with van der Waals surface area (Å²) in [5.41, 5.74) is 3.88. The predicted octanol–water partition coefficient (Wildman–Crippen LogP) is 5.10. The van der Waals surface area contributed by atoms with E-state index in [0.29, 0.717) is 12.8 Å². The molecule has 11 heteroatoms. The quantitative estimate of drug-likeness (QED) is 0.200. The van der Waals surface area contributed by atoms with Crippen LogP contribution in [-0.4, -0.2) is 29.6 Å². The van der Waals surface area contributed by atoms with Gasteiger partial charge in [0.2, 0.25) is 5.91 Å². The van der Waals surface area contributed by atoms with Gasteiger partial charge in [0.15, 0.2) is 0 Å². The first-order chi connectivity index (χ1) is 18.6. The van der Waals surface area contributed by atoms with Gasteiger partial charge >= 0.3 is 6.18 Å². The number of nitrogens with two attached hydrogens (primary N) is 1. The first-order valence-corrected chi connectivity index (χ1v) is 12.9. The summed E-state index contributed by atoms with van der Waals surface area (Å²) >= 11 is 0. The lowest BCUT2D eigenvalue weighted by Gasteiger charge is -2.19. The van der Waals surface area contributed by atoms with Crippen LogP contribution < -0.4 is 21.7 Å². The van der Waals surface area contributed by atoms with Crippen LogP contribution in [0.1, 0.15) is 56.1 Å². The Morgan fingerprint density at radius 1 is 1.08 bits per heavy atom. The molecule has 0 bridgehead atoms. The molecule has 0 radical (unpaired) electrons. The molecule has 0 aromatic heterocycles. The van der Waals surface area contributed by atoms with Gasteiger partial charge in [0.1, 0.15) is 11.4 Å². The fourth-order valence-corrected chi connectivity index (χ4v) is 4.52. The van der Waals surface area contributed by atoms with Crippen LogP contribution in [0.15, 0.2) is 59.2 Å². The number of halogens is 4. The summed E-state index contributed by atoms with van der Waals surface area (Å²) in [4.78, 5) is 30.1. The second-order valence-corrected chi connectivity index (χ2v) is 9.89. The van der Waals surface area contributed by atoms with Crippen molar-refractivity contribution in [2.24, 2.45) is 10.7 Å². The summed E-state index contributed by atoms with van der Waals surface area (Å²) in [6.07, 6.45) is 4.22. The lowest BCUT2D eigenvalue weighted by molar-refractivity contribution is -0.137. The highest BCUT2D eigenvalue weighted by molar-refractivity contribution is 6.13. The Morgan fingerprint density at radius 2 is 1.79 bits per heavy atom. The highest BCUT2D eigenvalue weighted by atomic mass is 19.4. The minimum Gasteiger partial charge on any atom is -0.404 e. The standard InChI is InChI=1S/C28H31F4N5O2/c29-23-14-21(36-24-9-5-4-8-22(24)28(30,31)32)11-10-18(23)16-35-26(39)27(12-13-27)37-25(38)19(15-33)17-34-20-6-2-1-3-7-20/h4-5,8-11,14-15,17,20,36H,1-3,6-7,12-13,16,33H2,(H,35,39)(H,37,38). The van der Waals surface area contributed by atoms with Gasteiger partial charge in [-0.3, -0.25) is 14.6 Å². The van der Waals surface area contributed by atoms with Crippen molar-refractivity contribution < 1.29 is 27.2 Å². The van der Waals surface area contributed by atoms with Crippen molar-refractivity contribution in [1.82, 2.24) is 10.6 Å². The largest absolute Gasteiger partial charge is 0.418 e. The van der Waals surface area contributed by atoms with Gasteiger partial charge in [0.05, 0.1) is 16.8 Å². The number of nitrogens with one attached hydrogen (secondary N) is 3. The van der Waals surface area contributed by atoms with Crippen LogP contribution in [0.2, 0.25) is 0 Å². The Kier molecular flexibility index (Phi) is 8.57. The number of carbonyl (C=O) groups excluding carboxylic acids is 2. The molecule has 2 fully saturated rings. The summed E-state index contributed by atoms with van der Waals surface area (Å²) in [7, 11) is 0. The molecule has 0 heterocycles. The van der Waals surface area contributed by atoms with E-state index in [1.165, 1.54) is 43.0 Å². The van der Waals surface area contributed by atoms with E-state index in [-0.39, 0.29) is 35.1 Å². The van der Waals surface area contributed by atoms with Crippen LogP contribution >= 0.6 is 0 Å². The van der Waals surface area contributed by atoms with Crippen LogP contribution in [0.25, 0.3) is 0 Å². The second-order valence-electron chi connectivity index (χ2n) is 9.89. The SMILES string of the molecule is NC=C(C=NC1CCCCC1)C(=O)NC1(C(=O)NCc2ccc(Nc3ccccc3C(F)(F)F)cc2F)CC1. The Balaban J connectivity index is 1.33. The zero-order valence-electron chi connectivity index (χ0n) is 21.3. The fraction of sp³-hybridized carbons (Fsp3) is 0.393. The lowest BCUT2D eigenvalue weighted by Crippen LogP contribution is -2.49. The molecule has 0 spiro atoms. The minimum atomic E-state index is -4.57. The van der Waals surface area contributed by atoms with E-state index < -0.39 is 34.9 Å². The van der Waals surface area contributed by atoms with Gasteiger partial charge in [-0.15, -0.1) is 0 Å². The molecule has 2 aliphatic rings. The zero-order valence-corrected chi connectivity index (χ0v) is 21.3. The molecule has 0 aliphatic heterocycles. The van der Waals surface area contributed by atoms with Gasteiger partial charge in [-0.1, -0.05) is 37.5 Å². The number of rotatable bonds is 9. The first-order valence-electron chi connectivity index (χ1n) is 12.9. The number of hydrogen-bond acceptors (Lipinski definition) is 5. The highest BCUT2D eigenvalue weighted by Gasteiger charge is 2.51. The van der Waals surface area contributed by atoms with Crippen molar-refractivity contribution in [3.05, 3.63) is 71.2 Å². The number of amides is 2. The molecule has 7 nitrogen and oxygen atoms in total. The summed E-state index contributed by atoms with van der Waals surface area (Å²) in [5.74, 6) is -1.67. The van der Waals surface area contributed by atoms with Crippen molar-refractivity contribution >= 4 is 29.4 Å². The van der Waals surface area contributed by atoms with Crippen molar-refractivity contribution in [3.8, 4) is 0 Å². The van der Waals surface area contributed by atoms with E-state index in [0.717, 1.165) is 44.0 Å². The molecule has 2 aliphatic carbocycles. The lowest BCUT2D eigenvalue weighted by atomic mass is 9.96. The maximum atomic E-state index is 14.7. The monoisotopic (exact) mass is 545 g/mol. The smallest absolute Gasteiger partial charge is 0.404 e. The number of para-hydroxylation sites is 1. The molecule has 2 amide bonds. The Hall–Kier alpha value is -3.89. The third-order valence-corrected chi connectivity index (χ3v) is 6.98. The highest BCUT2D eigenvalue weighted by Crippen LogP contribution is 2.37. The van der Waals surface area contributed by atoms with Crippen molar-refractivity contribution in [3.63, 3.8) is 0 Å². The number of benzene rings is 2. The predicted molar refractivity (Wildman–Crippen MR) is 141 cm³/mol. The van der Waals surface area contributed by atoms with E-state index in [2.05, 4.69) is 20.9 Å². The van der Waals surface area contributed by atoms with Gasteiger partial charge in [-0.25, -0.2) is 4.39 Å². The summed E-state index contributed by atoms with van der Waals surface area (Å²) < 4.78 is 54.4. The van der Waals surface area contributed by atoms with E-state index >= 15 is 0 Å². The molecule has 208 valence electrons. The van der Waals surface area contributed by atoms with Crippen molar-refractivity contribution in [2.45, 2.75) is 69.2 Å². The maximum absolute atomic E-state index is 14.7. The third kappa shape index (κ3) is 7.15. The number of hydrogen-bond donors (Lipinski definition) is 4. The van der Waals surface area contributed by atoms with Gasteiger partial charge < -0.3 is 21.7 Å². The first kappa shape index (κ1) is 28.1. The molecule has 5 N–H and O–H groups in total. The van der Waals surface area contributed by atoms with Gasteiger partial charge in [-0.05, 0) is 49.9 Å². The molecule has 2 saturated carbocycles. The molecular weight excluding hydrogens is 514 g/mol. The van der Waals surface area contributed by atoms with Gasteiger partial charge in [0.25, 0.3) is 5.91 Å². The van der Waals surface area contributed by atoms with Crippen LogP contribution in [0.3, 0.4) is 0 Å². The normalized spacial score (nSPS) is 17.6. The molecule has 0 unspecified atom stereocenters. The van der Waals surface area contributed by atoms with Crippen LogP contribution in [0.5, 0.6) is 0 Å². The summed E-state index contributed by atoms with van der Waals surface area (Å²) in [6, 6.07) is 8.94. The van der Waals surface area contributed by atoms with Crippen LogP contribution in [0.4, 0.5) is 28.9 Å². The van der Waals surface area contributed by atoms with E-state index in [1.54, 1.807) is 0 Å². The van der Waals surface area contributed by atoms with E-state index in [4.69, 9.17) is 5.73 Å². The summed E-state index contributed by atoms with van der Waals surface area (Å²) in [6.45, 7) is -0.162. The van der Waals surface area contributed by atoms with E-state index in [1.807, 2.05) is 0 Å². The topological polar surface area (TPSA) is 109 Å². The second kappa shape index (κ2) is 11.9. The third-order valence-electron chi connectivity index (χ3n) is 6.98. The van der Waals surface area contributed by atoms with Crippen molar-refractivity contribution in [1.29, 1.82) is 0 Å². The fourth-order valence-electron chi connectivity index (χ4n) is 4.52. The molecule has 2 aromatic carbocycles. The molecule has 0 atom stereocenters. The number of carbonyl (C=O) groups is 2. The van der Waals surface area contributed by atoms with Crippen molar-refractivity contribution in [2.75, 3.05) is 5.32 Å². The minimum absolute atomic E-state index is 0.126. The average molecular weight is 546 g/mol. The van der Waals surface area contributed by atoms with Crippen LogP contribution in [-0.2, 0) is 22.3 Å². The summed E-state index contributed by atoms with van der Waals surface area (Å²) in [5, 5.41) is 7.96. The Labute approximate surface area is 223 Å². The number of aliphatic imine (C=N–C) groups is 1. The molecule has 39 heavy (non-hydrogen) atoms. The number of anilines is 2.